The molecule has 17 heavy (non-hydrogen) atoms. The molecule has 4 atom stereocenters. The van der Waals surface area contributed by atoms with E-state index in [1.807, 2.05) is 0 Å². The zero-order chi connectivity index (χ0) is 13.8. The molecule has 0 bridgehead atoms. The van der Waals surface area contributed by atoms with E-state index >= 15 is 0 Å². The van der Waals surface area contributed by atoms with E-state index in [2.05, 4.69) is 6.92 Å². The molecule has 0 aromatic heterocycles. The molecule has 0 unspecified atom stereocenters. The van der Waals surface area contributed by atoms with Crippen molar-refractivity contribution in [2.24, 2.45) is 0 Å². The van der Waals surface area contributed by atoms with Crippen molar-refractivity contribution in [3.63, 3.8) is 0 Å². The monoisotopic (exact) mass is 254 g/mol. The Morgan fingerprint density at radius 3 is 1.82 bits per heavy atom. The van der Waals surface area contributed by atoms with Crippen molar-refractivity contribution in [1.82, 2.24) is 0 Å². The lowest BCUT2D eigenvalue weighted by molar-refractivity contribution is -0.136. The number of hydrogen-bond donors (Lipinski definition) is 6. The summed E-state index contributed by atoms with van der Waals surface area (Å²) in [5, 5.41) is 51.6. The number of aldehydes is 1. The Bertz CT molecular complexity index is 174. The summed E-state index contributed by atoms with van der Waals surface area (Å²) in [5.74, 6) is 0. The van der Waals surface area contributed by atoms with Gasteiger partial charge in [0.25, 0.3) is 0 Å². The Hall–Kier alpha value is -0.570. The lowest BCUT2D eigenvalue weighted by atomic mass is 10.0. The molecule has 6 N–H and O–H groups in total. The van der Waals surface area contributed by atoms with Crippen molar-refractivity contribution in [3.8, 4) is 0 Å². The first-order valence-electron chi connectivity index (χ1n) is 5.35. The highest BCUT2D eigenvalue weighted by atomic mass is 16.4. The van der Waals surface area contributed by atoms with Gasteiger partial charge in [0.1, 0.15) is 24.4 Å². The molecule has 104 valence electrons. The lowest BCUT2D eigenvalue weighted by Crippen LogP contribution is -2.46. The van der Waals surface area contributed by atoms with E-state index in [1.165, 1.54) is 0 Å². The van der Waals surface area contributed by atoms with Gasteiger partial charge in [-0.2, -0.15) is 0 Å². The Kier molecular flexibility index (Phi) is 13.2. The molecule has 7 heteroatoms. The van der Waals surface area contributed by atoms with Gasteiger partial charge in [0, 0.05) is 6.61 Å². The summed E-state index contributed by atoms with van der Waals surface area (Å²) in [6.45, 7) is 1.64. The van der Waals surface area contributed by atoms with E-state index in [-0.39, 0.29) is 6.29 Å². The zero-order valence-electron chi connectivity index (χ0n) is 9.81. The van der Waals surface area contributed by atoms with Crippen molar-refractivity contribution in [1.29, 1.82) is 0 Å². The summed E-state index contributed by atoms with van der Waals surface area (Å²) in [4.78, 5) is 9.90. The minimum Gasteiger partial charge on any atom is -0.396 e. The number of rotatable bonds is 7. The SMILES string of the molecule is CCCCO.O=C[C@@H](O)[C@@H](O)[C@H](O)[C@H](O)CO. The van der Waals surface area contributed by atoms with Crippen molar-refractivity contribution >= 4 is 6.29 Å². The second-order valence-corrected chi connectivity index (χ2v) is 3.43. The zero-order valence-corrected chi connectivity index (χ0v) is 9.81. The van der Waals surface area contributed by atoms with Crippen LogP contribution in [0, 0.1) is 0 Å². The molecular formula is C10H22O7. The number of aliphatic hydroxyl groups excluding tert-OH is 6. The smallest absolute Gasteiger partial charge is 0.151 e. The van der Waals surface area contributed by atoms with Gasteiger partial charge in [0.15, 0.2) is 6.29 Å². The highest BCUT2D eigenvalue weighted by Crippen LogP contribution is 2.02. The Morgan fingerprint density at radius 1 is 1.06 bits per heavy atom. The van der Waals surface area contributed by atoms with Crippen LogP contribution in [0.25, 0.3) is 0 Å². The third-order valence-corrected chi connectivity index (χ3v) is 1.93. The van der Waals surface area contributed by atoms with E-state index in [0.29, 0.717) is 6.61 Å². The molecule has 0 spiro atoms. The van der Waals surface area contributed by atoms with Gasteiger partial charge in [-0.3, -0.25) is 0 Å². The Balaban J connectivity index is 0. The van der Waals surface area contributed by atoms with Crippen molar-refractivity contribution in [2.75, 3.05) is 13.2 Å². The fourth-order valence-electron chi connectivity index (χ4n) is 0.776. The molecule has 0 aromatic rings. The maximum atomic E-state index is 9.90. The Morgan fingerprint density at radius 2 is 1.59 bits per heavy atom. The van der Waals surface area contributed by atoms with Gasteiger partial charge >= 0.3 is 0 Å². The quantitative estimate of drug-likeness (QED) is 0.274. The molecule has 0 saturated carbocycles. The van der Waals surface area contributed by atoms with E-state index in [4.69, 9.17) is 30.6 Å². The van der Waals surface area contributed by atoms with Crippen LogP contribution < -0.4 is 0 Å². The van der Waals surface area contributed by atoms with Gasteiger partial charge in [0.2, 0.25) is 0 Å². The van der Waals surface area contributed by atoms with Crippen LogP contribution in [0.1, 0.15) is 19.8 Å². The van der Waals surface area contributed by atoms with Crippen LogP contribution in [0.4, 0.5) is 0 Å². The lowest BCUT2D eigenvalue weighted by Gasteiger charge is -2.22. The van der Waals surface area contributed by atoms with Crippen LogP contribution >= 0.6 is 0 Å². The van der Waals surface area contributed by atoms with Gasteiger partial charge in [-0.05, 0) is 6.42 Å². The molecule has 0 aliphatic heterocycles. The molecule has 0 radical (unpaired) electrons. The molecule has 0 aliphatic rings. The minimum absolute atomic E-state index is 0.0258. The van der Waals surface area contributed by atoms with Crippen LogP contribution in [-0.2, 0) is 4.79 Å². The van der Waals surface area contributed by atoms with Crippen LogP contribution in [0.15, 0.2) is 0 Å². The van der Waals surface area contributed by atoms with Crippen LogP contribution in [0.2, 0.25) is 0 Å². The summed E-state index contributed by atoms with van der Waals surface area (Å²) in [5.41, 5.74) is 0. The van der Waals surface area contributed by atoms with E-state index in [9.17, 15) is 4.79 Å². The first-order chi connectivity index (χ1) is 7.95. The maximum absolute atomic E-state index is 9.90. The predicted octanol–water partition coefficient (Wildman–Crippen LogP) is -2.60. The molecule has 0 saturated heterocycles. The maximum Gasteiger partial charge on any atom is 0.151 e. The van der Waals surface area contributed by atoms with Crippen LogP contribution in [0.5, 0.6) is 0 Å². The minimum atomic E-state index is -1.79. The average molecular weight is 254 g/mol. The predicted molar refractivity (Wildman–Crippen MR) is 59.2 cm³/mol. The van der Waals surface area contributed by atoms with E-state index in [0.717, 1.165) is 12.8 Å². The molecule has 0 rings (SSSR count). The fraction of sp³-hybridized carbons (Fsp3) is 0.900. The summed E-state index contributed by atoms with van der Waals surface area (Å²) in [6.07, 6.45) is -4.80. The standard InChI is InChI=1S/C6H12O6.C4H10O/c7-1-3(9)5(11)6(12)4(10)2-8;1-2-3-4-5/h1,3-6,8-12H,2H2;5H,2-4H2,1H3/t3-,4-,5-,6-;/m1./s1. The van der Waals surface area contributed by atoms with Crippen molar-refractivity contribution in [3.05, 3.63) is 0 Å². The number of hydrogen-bond acceptors (Lipinski definition) is 7. The van der Waals surface area contributed by atoms with E-state index in [1.54, 1.807) is 0 Å². The normalized spacial score (nSPS) is 17.4. The third-order valence-electron chi connectivity index (χ3n) is 1.93. The molecule has 0 aliphatic carbocycles. The number of carbonyl (C=O) groups is 1. The second-order valence-electron chi connectivity index (χ2n) is 3.43. The number of unbranched alkanes of at least 4 members (excludes halogenated alkanes) is 1. The van der Waals surface area contributed by atoms with Crippen molar-refractivity contribution < 1.29 is 35.4 Å². The summed E-state index contributed by atoms with van der Waals surface area (Å²) >= 11 is 0. The average Bonchev–Trinajstić information content (AvgIpc) is 2.36. The Labute approximate surface area is 100.0 Å². The molecule has 0 amide bonds. The topological polar surface area (TPSA) is 138 Å². The first kappa shape index (κ1) is 18.8. The number of aliphatic hydroxyl groups is 6. The van der Waals surface area contributed by atoms with E-state index < -0.39 is 31.0 Å². The number of carbonyl (C=O) groups excluding carboxylic acids is 1. The van der Waals surface area contributed by atoms with Gasteiger partial charge in [-0.25, -0.2) is 0 Å². The highest BCUT2D eigenvalue weighted by Gasteiger charge is 2.29. The molecular weight excluding hydrogens is 232 g/mol. The summed E-state index contributed by atoms with van der Waals surface area (Å²) in [6, 6.07) is 0. The molecule has 0 aromatic carbocycles. The van der Waals surface area contributed by atoms with Gasteiger partial charge in [-0.15, -0.1) is 0 Å². The highest BCUT2D eigenvalue weighted by molar-refractivity contribution is 5.56. The second kappa shape index (κ2) is 11.9. The largest absolute Gasteiger partial charge is 0.396 e. The molecule has 0 fully saturated rings. The van der Waals surface area contributed by atoms with Crippen LogP contribution in [0.3, 0.4) is 0 Å². The third kappa shape index (κ3) is 9.16. The van der Waals surface area contributed by atoms with Gasteiger partial charge in [-0.1, -0.05) is 13.3 Å². The van der Waals surface area contributed by atoms with Gasteiger partial charge < -0.3 is 35.4 Å². The molecule has 7 nitrogen and oxygen atoms in total. The summed E-state index contributed by atoms with van der Waals surface area (Å²) in [7, 11) is 0. The molecule has 0 heterocycles. The summed E-state index contributed by atoms with van der Waals surface area (Å²) < 4.78 is 0. The first-order valence-corrected chi connectivity index (χ1v) is 5.35. The van der Waals surface area contributed by atoms with Crippen LogP contribution in [-0.4, -0.2) is 74.6 Å². The van der Waals surface area contributed by atoms with Gasteiger partial charge in [0.05, 0.1) is 6.61 Å². The van der Waals surface area contributed by atoms with Crippen molar-refractivity contribution in [2.45, 2.75) is 44.2 Å². The fourth-order valence-corrected chi connectivity index (χ4v) is 0.776.